The SMILES string of the molecule is Cc1ccc2c(O[C@H]3CC[C@H](C(=O)O)C3)cc(C)nc2c1. The first-order valence-corrected chi connectivity index (χ1v) is 7.30. The van der Waals surface area contributed by atoms with Gasteiger partial charge in [0.25, 0.3) is 0 Å². The van der Waals surface area contributed by atoms with Crippen LogP contribution in [0.1, 0.15) is 30.5 Å². The molecule has 0 bridgehead atoms. The largest absolute Gasteiger partial charge is 0.490 e. The van der Waals surface area contributed by atoms with E-state index in [4.69, 9.17) is 9.84 Å². The van der Waals surface area contributed by atoms with Crippen LogP contribution in [0.2, 0.25) is 0 Å². The minimum Gasteiger partial charge on any atom is -0.490 e. The average molecular weight is 285 g/mol. The number of aromatic nitrogens is 1. The molecule has 2 aromatic rings. The lowest BCUT2D eigenvalue weighted by molar-refractivity contribution is -0.141. The predicted molar refractivity (Wildman–Crippen MR) is 80.6 cm³/mol. The minimum atomic E-state index is -0.715. The Kier molecular flexibility index (Phi) is 3.53. The Balaban J connectivity index is 1.89. The number of aryl methyl sites for hydroxylation is 2. The first kappa shape index (κ1) is 13.9. The zero-order chi connectivity index (χ0) is 15.0. The molecule has 0 unspecified atom stereocenters. The van der Waals surface area contributed by atoms with Crippen LogP contribution in [0.25, 0.3) is 10.9 Å². The Morgan fingerprint density at radius 3 is 2.81 bits per heavy atom. The van der Waals surface area contributed by atoms with Crippen LogP contribution in [0.4, 0.5) is 0 Å². The van der Waals surface area contributed by atoms with E-state index in [2.05, 4.69) is 4.98 Å². The van der Waals surface area contributed by atoms with Crippen molar-refractivity contribution < 1.29 is 14.6 Å². The number of fused-ring (bicyclic) bond motifs is 1. The van der Waals surface area contributed by atoms with Crippen LogP contribution in [-0.4, -0.2) is 22.2 Å². The van der Waals surface area contributed by atoms with Crippen molar-refractivity contribution in [3.8, 4) is 5.75 Å². The zero-order valence-electron chi connectivity index (χ0n) is 12.3. The van der Waals surface area contributed by atoms with Gasteiger partial charge in [0.05, 0.1) is 17.5 Å². The van der Waals surface area contributed by atoms with Crippen molar-refractivity contribution in [1.29, 1.82) is 0 Å². The lowest BCUT2D eigenvalue weighted by Crippen LogP contribution is -2.15. The molecule has 4 heteroatoms. The maximum absolute atomic E-state index is 11.0. The number of hydrogen-bond acceptors (Lipinski definition) is 3. The highest BCUT2D eigenvalue weighted by Gasteiger charge is 2.31. The Morgan fingerprint density at radius 1 is 1.29 bits per heavy atom. The zero-order valence-corrected chi connectivity index (χ0v) is 12.3. The van der Waals surface area contributed by atoms with Crippen LogP contribution in [0.15, 0.2) is 24.3 Å². The second-order valence-corrected chi connectivity index (χ2v) is 5.87. The van der Waals surface area contributed by atoms with E-state index in [1.165, 1.54) is 5.56 Å². The molecule has 0 aliphatic heterocycles. The van der Waals surface area contributed by atoms with Crippen molar-refractivity contribution in [2.75, 3.05) is 0 Å². The molecule has 1 N–H and O–H groups in total. The van der Waals surface area contributed by atoms with E-state index in [-0.39, 0.29) is 12.0 Å². The number of carboxylic acid groups (broad SMARTS) is 1. The molecular weight excluding hydrogens is 266 g/mol. The third kappa shape index (κ3) is 2.84. The van der Waals surface area contributed by atoms with Crippen molar-refractivity contribution in [3.63, 3.8) is 0 Å². The van der Waals surface area contributed by atoms with Crippen LogP contribution in [0.5, 0.6) is 5.75 Å². The van der Waals surface area contributed by atoms with E-state index in [0.29, 0.717) is 12.8 Å². The summed E-state index contributed by atoms with van der Waals surface area (Å²) in [6, 6.07) is 8.05. The van der Waals surface area contributed by atoms with Crippen molar-refractivity contribution in [2.45, 2.75) is 39.2 Å². The molecule has 1 aromatic heterocycles. The van der Waals surface area contributed by atoms with Crippen LogP contribution >= 0.6 is 0 Å². The third-order valence-electron chi connectivity index (χ3n) is 4.08. The van der Waals surface area contributed by atoms with Gasteiger partial charge >= 0.3 is 5.97 Å². The van der Waals surface area contributed by atoms with E-state index in [1.807, 2.05) is 38.1 Å². The third-order valence-corrected chi connectivity index (χ3v) is 4.08. The quantitative estimate of drug-likeness (QED) is 0.938. The molecule has 1 aliphatic carbocycles. The second-order valence-electron chi connectivity index (χ2n) is 5.87. The van der Waals surface area contributed by atoms with E-state index < -0.39 is 5.97 Å². The van der Waals surface area contributed by atoms with Gasteiger partial charge in [-0.25, -0.2) is 0 Å². The molecule has 1 aromatic carbocycles. The Morgan fingerprint density at radius 2 is 2.10 bits per heavy atom. The summed E-state index contributed by atoms with van der Waals surface area (Å²) in [4.78, 5) is 15.6. The Hall–Kier alpha value is -2.10. The van der Waals surface area contributed by atoms with Gasteiger partial charge < -0.3 is 9.84 Å². The molecule has 110 valence electrons. The van der Waals surface area contributed by atoms with Gasteiger partial charge in [0, 0.05) is 17.1 Å². The van der Waals surface area contributed by atoms with Gasteiger partial charge in [-0.2, -0.15) is 0 Å². The molecule has 0 saturated heterocycles. The Bertz CT molecular complexity index is 690. The number of hydrogen-bond donors (Lipinski definition) is 1. The average Bonchev–Trinajstić information content (AvgIpc) is 2.86. The number of carboxylic acids is 1. The molecular formula is C17H19NO3. The number of aliphatic carboxylic acids is 1. The molecule has 0 amide bonds. The number of pyridine rings is 1. The van der Waals surface area contributed by atoms with E-state index in [0.717, 1.165) is 28.8 Å². The van der Waals surface area contributed by atoms with Gasteiger partial charge in [0.15, 0.2) is 0 Å². The normalized spacial score (nSPS) is 21.6. The van der Waals surface area contributed by atoms with Gasteiger partial charge in [-0.05, 0) is 50.8 Å². The smallest absolute Gasteiger partial charge is 0.306 e. The molecule has 1 fully saturated rings. The first-order valence-electron chi connectivity index (χ1n) is 7.30. The molecule has 1 saturated carbocycles. The lowest BCUT2D eigenvalue weighted by atomic mass is 10.1. The van der Waals surface area contributed by atoms with Gasteiger partial charge in [0.2, 0.25) is 0 Å². The highest BCUT2D eigenvalue weighted by molar-refractivity contribution is 5.85. The summed E-state index contributed by atoms with van der Waals surface area (Å²) in [6.45, 7) is 3.99. The highest BCUT2D eigenvalue weighted by Crippen LogP contribution is 2.33. The lowest BCUT2D eigenvalue weighted by Gasteiger charge is -2.16. The van der Waals surface area contributed by atoms with Crippen molar-refractivity contribution >= 4 is 16.9 Å². The Labute approximate surface area is 123 Å². The number of nitrogens with zero attached hydrogens (tertiary/aromatic N) is 1. The number of carbonyl (C=O) groups is 1. The summed E-state index contributed by atoms with van der Waals surface area (Å²) in [6.07, 6.45) is 2.06. The summed E-state index contributed by atoms with van der Waals surface area (Å²) in [7, 11) is 0. The molecule has 4 nitrogen and oxygen atoms in total. The summed E-state index contributed by atoms with van der Waals surface area (Å²) in [5.74, 6) is -0.174. The van der Waals surface area contributed by atoms with Crippen molar-refractivity contribution in [2.24, 2.45) is 5.92 Å². The van der Waals surface area contributed by atoms with Crippen LogP contribution < -0.4 is 4.74 Å². The van der Waals surface area contributed by atoms with Crippen LogP contribution in [-0.2, 0) is 4.79 Å². The predicted octanol–water partition coefficient (Wildman–Crippen LogP) is 3.48. The minimum absolute atomic E-state index is 0.0163. The highest BCUT2D eigenvalue weighted by atomic mass is 16.5. The standard InChI is InChI=1S/C17H19NO3/c1-10-3-6-14-15(7-10)18-11(2)8-16(14)21-13-5-4-12(9-13)17(19)20/h3,6-8,12-13H,4-5,9H2,1-2H3,(H,19,20)/t12-,13-/m0/s1. The fraction of sp³-hybridized carbons (Fsp3) is 0.412. The summed E-state index contributed by atoms with van der Waals surface area (Å²) < 4.78 is 6.09. The fourth-order valence-electron chi connectivity index (χ4n) is 2.98. The molecule has 2 atom stereocenters. The van der Waals surface area contributed by atoms with Gasteiger partial charge in [-0.1, -0.05) is 6.07 Å². The summed E-state index contributed by atoms with van der Waals surface area (Å²) in [5, 5.41) is 10.1. The van der Waals surface area contributed by atoms with Crippen molar-refractivity contribution in [3.05, 3.63) is 35.5 Å². The van der Waals surface area contributed by atoms with E-state index >= 15 is 0 Å². The second kappa shape index (κ2) is 5.35. The molecule has 1 aliphatic rings. The number of benzene rings is 1. The monoisotopic (exact) mass is 285 g/mol. The van der Waals surface area contributed by atoms with Crippen LogP contribution in [0, 0.1) is 19.8 Å². The van der Waals surface area contributed by atoms with Crippen LogP contribution in [0.3, 0.4) is 0 Å². The molecule has 21 heavy (non-hydrogen) atoms. The summed E-state index contributed by atoms with van der Waals surface area (Å²) in [5.41, 5.74) is 3.01. The van der Waals surface area contributed by atoms with E-state index in [9.17, 15) is 4.79 Å². The fourth-order valence-corrected chi connectivity index (χ4v) is 2.98. The topological polar surface area (TPSA) is 59.4 Å². The molecule has 0 spiro atoms. The van der Waals surface area contributed by atoms with E-state index in [1.54, 1.807) is 0 Å². The first-order chi connectivity index (χ1) is 10.0. The molecule has 3 rings (SSSR count). The molecule has 1 heterocycles. The number of ether oxygens (including phenoxy) is 1. The van der Waals surface area contributed by atoms with Crippen molar-refractivity contribution in [1.82, 2.24) is 4.98 Å². The van der Waals surface area contributed by atoms with Gasteiger partial charge in [0.1, 0.15) is 5.75 Å². The number of rotatable bonds is 3. The van der Waals surface area contributed by atoms with Gasteiger partial charge in [-0.15, -0.1) is 0 Å². The summed E-state index contributed by atoms with van der Waals surface area (Å²) >= 11 is 0. The maximum atomic E-state index is 11.0. The molecule has 0 radical (unpaired) electrons. The van der Waals surface area contributed by atoms with Gasteiger partial charge in [-0.3, -0.25) is 9.78 Å². The maximum Gasteiger partial charge on any atom is 0.306 e.